The standard InChI is InChI=1S/C30H34N2O6/c1-5-17-38-25-15-13-21(18-28(25)35-4)14-16-29(33)31-23-19-27(37-7-3)24(20-26(23)36-6-2)32-30(34)22-11-9-8-10-12-22/h8-16,18-20H,5-7,17H2,1-4H3,(H,31,33)(H,32,34)/b16-14+. The maximum absolute atomic E-state index is 12.8. The lowest BCUT2D eigenvalue weighted by molar-refractivity contribution is -0.111. The number of anilines is 2. The van der Waals surface area contributed by atoms with E-state index in [0.29, 0.717) is 59.8 Å². The molecule has 0 aromatic heterocycles. The first-order valence-electron chi connectivity index (χ1n) is 12.6. The zero-order valence-corrected chi connectivity index (χ0v) is 22.2. The van der Waals surface area contributed by atoms with E-state index in [9.17, 15) is 9.59 Å². The molecule has 0 aliphatic heterocycles. The number of ether oxygens (including phenoxy) is 4. The molecule has 3 rings (SSSR count). The molecule has 0 atom stereocenters. The van der Waals surface area contributed by atoms with Gasteiger partial charge in [0.15, 0.2) is 11.5 Å². The Morgan fingerprint density at radius 3 is 2.03 bits per heavy atom. The summed E-state index contributed by atoms with van der Waals surface area (Å²) >= 11 is 0. The number of nitrogens with one attached hydrogen (secondary N) is 2. The Morgan fingerprint density at radius 1 is 0.763 bits per heavy atom. The highest BCUT2D eigenvalue weighted by atomic mass is 16.5. The van der Waals surface area contributed by atoms with Crippen LogP contribution in [0.1, 0.15) is 43.1 Å². The maximum Gasteiger partial charge on any atom is 0.255 e. The van der Waals surface area contributed by atoms with E-state index in [4.69, 9.17) is 18.9 Å². The van der Waals surface area contributed by atoms with Gasteiger partial charge in [0.1, 0.15) is 11.5 Å². The summed E-state index contributed by atoms with van der Waals surface area (Å²) in [7, 11) is 1.57. The van der Waals surface area contributed by atoms with Crippen molar-refractivity contribution >= 4 is 29.3 Å². The topological polar surface area (TPSA) is 95.1 Å². The van der Waals surface area contributed by atoms with E-state index in [2.05, 4.69) is 10.6 Å². The minimum atomic E-state index is -0.361. The Balaban J connectivity index is 1.81. The van der Waals surface area contributed by atoms with Crippen molar-refractivity contribution in [1.29, 1.82) is 0 Å². The molecule has 0 aliphatic rings. The summed E-state index contributed by atoms with van der Waals surface area (Å²) in [6, 6.07) is 17.6. The summed E-state index contributed by atoms with van der Waals surface area (Å²) < 4.78 is 22.6. The predicted octanol–water partition coefficient (Wildman–Crippen LogP) is 6.19. The molecular formula is C30H34N2O6. The molecule has 0 saturated carbocycles. The van der Waals surface area contributed by atoms with Crippen LogP contribution in [-0.2, 0) is 4.79 Å². The molecule has 0 saturated heterocycles. The fourth-order valence-electron chi connectivity index (χ4n) is 3.55. The Labute approximate surface area is 223 Å². The highest BCUT2D eigenvalue weighted by Gasteiger charge is 2.16. The second-order valence-electron chi connectivity index (χ2n) is 8.11. The van der Waals surface area contributed by atoms with Crippen molar-refractivity contribution in [1.82, 2.24) is 0 Å². The van der Waals surface area contributed by atoms with Gasteiger partial charge in [-0.2, -0.15) is 0 Å². The highest BCUT2D eigenvalue weighted by molar-refractivity contribution is 6.06. The van der Waals surface area contributed by atoms with Crippen molar-refractivity contribution in [3.8, 4) is 23.0 Å². The average molecular weight is 519 g/mol. The molecule has 0 radical (unpaired) electrons. The second-order valence-corrected chi connectivity index (χ2v) is 8.11. The van der Waals surface area contributed by atoms with E-state index in [1.54, 1.807) is 55.7 Å². The average Bonchev–Trinajstić information content (AvgIpc) is 2.93. The molecule has 2 N–H and O–H groups in total. The third-order valence-corrected chi connectivity index (χ3v) is 5.30. The van der Waals surface area contributed by atoms with Gasteiger partial charge < -0.3 is 29.6 Å². The normalized spacial score (nSPS) is 10.6. The van der Waals surface area contributed by atoms with Gasteiger partial charge in [0, 0.05) is 23.8 Å². The smallest absolute Gasteiger partial charge is 0.255 e. The van der Waals surface area contributed by atoms with Crippen molar-refractivity contribution in [3.63, 3.8) is 0 Å². The summed E-state index contributed by atoms with van der Waals surface area (Å²) in [4.78, 5) is 25.5. The number of carbonyl (C=O) groups is 2. The van der Waals surface area contributed by atoms with Gasteiger partial charge in [-0.15, -0.1) is 0 Å². The van der Waals surface area contributed by atoms with Gasteiger partial charge in [-0.05, 0) is 56.2 Å². The molecular weight excluding hydrogens is 484 g/mol. The Hall–Kier alpha value is -4.46. The Bertz CT molecular complexity index is 1260. The molecule has 8 nitrogen and oxygen atoms in total. The van der Waals surface area contributed by atoms with Gasteiger partial charge in [0.25, 0.3) is 5.91 Å². The number of amides is 2. The zero-order valence-electron chi connectivity index (χ0n) is 22.2. The van der Waals surface area contributed by atoms with Crippen LogP contribution in [0.4, 0.5) is 11.4 Å². The number of carbonyl (C=O) groups excluding carboxylic acids is 2. The number of hydrogen-bond donors (Lipinski definition) is 2. The molecule has 3 aromatic rings. The minimum Gasteiger partial charge on any atom is -0.493 e. The monoisotopic (exact) mass is 518 g/mol. The first kappa shape index (κ1) is 28.1. The lowest BCUT2D eigenvalue weighted by Gasteiger charge is -2.17. The van der Waals surface area contributed by atoms with Crippen LogP contribution >= 0.6 is 0 Å². The fourth-order valence-corrected chi connectivity index (χ4v) is 3.55. The van der Waals surface area contributed by atoms with Crippen LogP contribution in [0, 0.1) is 0 Å². The van der Waals surface area contributed by atoms with Crippen LogP contribution in [-0.4, -0.2) is 38.7 Å². The van der Waals surface area contributed by atoms with Gasteiger partial charge in [-0.3, -0.25) is 9.59 Å². The summed E-state index contributed by atoms with van der Waals surface area (Å²) in [5.74, 6) is 1.41. The first-order chi connectivity index (χ1) is 18.5. The molecule has 0 aliphatic carbocycles. The SMILES string of the molecule is CCCOc1ccc(/C=C/C(=O)Nc2cc(OCC)c(NC(=O)c3ccccc3)cc2OCC)cc1OC. The van der Waals surface area contributed by atoms with E-state index >= 15 is 0 Å². The molecule has 0 heterocycles. The number of benzene rings is 3. The van der Waals surface area contributed by atoms with Crippen LogP contribution in [0.2, 0.25) is 0 Å². The quantitative estimate of drug-likeness (QED) is 0.262. The zero-order chi connectivity index (χ0) is 27.3. The van der Waals surface area contributed by atoms with Crippen molar-refractivity contribution in [2.45, 2.75) is 27.2 Å². The Morgan fingerprint density at radius 2 is 1.42 bits per heavy atom. The highest BCUT2D eigenvalue weighted by Crippen LogP contribution is 2.37. The predicted molar refractivity (Wildman–Crippen MR) is 150 cm³/mol. The lowest BCUT2D eigenvalue weighted by atomic mass is 10.1. The second kappa shape index (κ2) is 14.3. The van der Waals surface area contributed by atoms with Gasteiger partial charge in [0.05, 0.1) is 38.3 Å². The van der Waals surface area contributed by atoms with Crippen LogP contribution in [0.15, 0.2) is 66.7 Å². The molecule has 0 fully saturated rings. The van der Waals surface area contributed by atoms with Crippen LogP contribution in [0.3, 0.4) is 0 Å². The summed E-state index contributed by atoms with van der Waals surface area (Å²) in [5.41, 5.74) is 2.15. The Kier molecular flexibility index (Phi) is 10.6. The number of hydrogen-bond acceptors (Lipinski definition) is 6. The lowest BCUT2D eigenvalue weighted by Crippen LogP contribution is -2.14. The third kappa shape index (κ3) is 7.77. The first-order valence-corrected chi connectivity index (χ1v) is 12.6. The molecule has 0 bridgehead atoms. The van der Waals surface area contributed by atoms with Crippen LogP contribution in [0.5, 0.6) is 23.0 Å². The third-order valence-electron chi connectivity index (χ3n) is 5.30. The fraction of sp³-hybridized carbons (Fsp3) is 0.267. The van der Waals surface area contributed by atoms with E-state index in [1.165, 1.54) is 6.08 Å². The van der Waals surface area contributed by atoms with Gasteiger partial charge in [-0.25, -0.2) is 0 Å². The van der Waals surface area contributed by atoms with Crippen LogP contribution < -0.4 is 29.6 Å². The van der Waals surface area contributed by atoms with Gasteiger partial charge in [0.2, 0.25) is 5.91 Å². The van der Waals surface area contributed by atoms with Crippen LogP contribution in [0.25, 0.3) is 6.08 Å². The maximum atomic E-state index is 12.8. The van der Waals surface area contributed by atoms with E-state index in [0.717, 1.165) is 12.0 Å². The molecule has 200 valence electrons. The van der Waals surface area contributed by atoms with E-state index in [-0.39, 0.29) is 11.8 Å². The van der Waals surface area contributed by atoms with E-state index in [1.807, 2.05) is 39.0 Å². The van der Waals surface area contributed by atoms with Crippen molar-refractivity contribution in [3.05, 3.63) is 77.9 Å². The summed E-state index contributed by atoms with van der Waals surface area (Å²) in [6.07, 6.45) is 3.99. The molecule has 38 heavy (non-hydrogen) atoms. The van der Waals surface area contributed by atoms with Gasteiger partial charge in [-0.1, -0.05) is 31.2 Å². The largest absolute Gasteiger partial charge is 0.493 e. The molecule has 3 aromatic carbocycles. The molecule has 0 spiro atoms. The molecule has 8 heteroatoms. The summed E-state index contributed by atoms with van der Waals surface area (Å²) in [6.45, 7) is 7.04. The number of rotatable bonds is 13. The van der Waals surface area contributed by atoms with Crippen molar-refractivity contribution in [2.24, 2.45) is 0 Å². The van der Waals surface area contributed by atoms with Gasteiger partial charge >= 0.3 is 0 Å². The number of methoxy groups -OCH3 is 1. The molecule has 2 amide bonds. The molecule has 0 unspecified atom stereocenters. The van der Waals surface area contributed by atoms with E-state index < -0.39 is 0 Å². The van der Waals surface area contributed by atoms with Crippen molar-refractivity contribution in [2.75, 3.05) is 37.6 Å². The summed E-state index contributed by atoms with van der Waals surface area (Å²) in [5, 5.41) is 5.72. The minimum absolute atomic E-state index is 0.282. The van der Waals surface area contributed by atoms with Crippen molar-refractivity contribution < 1.29 is 28.5 Å².